The van der Waals surface area contributed by atoms with E-state index in [1.54, 1.807) is 11.3 Å². The SMILES string of the molecule is CC(C)(C)c1nc(-c2ccc(NC(=O)CSCc3nc4sc5c(c4c(=O)[nH]3)CCC5)cc2)no1. The van der Waals surface area contributed by atoms with Crippen molar-refractivity contribution in [2.45, 2.75) is 51.2 Å². The van der Waals surface area contributed by atoms with Crippen LogP contribution < -0.4 is 10.9 Å². The van der Waals surface area contributed by atoms with Crippen molar-refractivity contribution in [3.8, 4) is 11.4 Å². The summed E-state index contributed by atoms with van der Waals surface area (Å²) in [6.45, 7) is 6.04. The number of aryl methyl sites for hydroxylation is 2. The van der Waals surface area contributed by atoms with E-state index in [2.05, 4.69) is 25.4 Å². The summed E-state index contributed by atoms with van der Waals surface area (Å²) in [5.41, 5.74) is 2.40. The number of anilines is 1. The molecule has 34 heavy (non-hydrogen) atoms. The zero-order chi connectivity index (χ0) is 23.9. The highest BCUT2D eigenvalue weighted by molar-refractivity contribution is 7.99. The molecule has 8 nitrogen and oxygen atoms in total. The highest BCUT2D eigenvalue weighted by Gasteiger charge is 2.23. The Labute approximate surface area is 204 Å². The lowest BCUT2D eigenvalue weighted by atomic mass is 9.97. The van der Waals surface area contributed by atoms with Crippen molar-refractivity contribution in [1.82, 2.24) is 20.1 Å². The summed E-state index contributed by atoms with van der Waals surface area (Å²) in [4.78, 5) is 39.0. The van der Waals surface area contributed by atoms with Gasteiger partial charge in [0.1, 0.15) is 10.7 Å². The molecule has 0 bridgehead atoms. The number of aromatic amines is 1. The molecule has 176 valence electrons. The van der Waals surface area contributed by atoms with E-state index < -0.39 is 0 Å². The number of nitrogens with zero attached hydrogens (tertiary/aromatic N) is 3. The minimum absolute atomic E-state index is 0.0687. The summed E-state index contributed by atoms with van der Waals surface area (Å²) >= 11 is 3.04. The third-order valence-electron chi connectivity index (χ3n) is 5.59. The molecule has 0 spiro atoms. The van der Waals surface area contributed by atoms with Gasteiger partial charge in [0.25, 0.3) is 5.56 Å². The van der Waals surface area contributed by atoms with Crippen LogP contribution in [-0.2, 0) is 28.8 Å². The molecule has 0 fully saturated rings. The number of hydrogen-bond acceptors (Lipinski definition) is 8. The molecule has 1 aliphatic carbocycles. The standard InChI is InChI=1S/C24H25N5O3S2/c1-24(2,3)23-28-20(29-32-23)13-7-9-14(10-8-13)25-18(30)12-33-11-17-26-21(31)19-15-5-4-6-16(15)34-22(19)27-17/h7-10H,4-6,11-12H2,1-3H3,(H,25,30)(H,26,27,31). The van der Waals surface area contributed by atoms with E-state index in [1.165, 1.54) is 22.2 Å². The molecule has 0 saturated heterocycles. The van der Waals surface area contributed by atoms with Crippen molar-refractivity contribution in [2.75, 3.05) is 11.1 Å². The smallest absolute Gasteiger partial charge is 0.259 e. The Morgan fingerprint density at radius 1 is 1.21 bits per heavy atom. The topological polar surface area (TPSA) is 114 Å². The normalized spacial score (nSPS) is 13.4. The minimum Gasteiger partial charge on any atom is -0.338 e. The van der Waals surface area contributed by atoms with E-state index in [-0.39, 0.29) is 22.6 Å². The Balaban J connectivity index is 1.16. The average molecular weight is 496 g/mol. The van der Waals surface area contributed by atoms with Crippen molar-refractivity contribution in [2.24, 2.45) is 0 Å². The monoisotopic (exact) mass is 495 g/mol. The van der Waals surface area contributed by atoms with Gasteiger partial charge in [0.05, 0.1) is 16.9 Å². The fourth-order valence-electron chi connectivity index (χ4n) is 3.90. The molecule has 10 heteroatoms. The highest BCUT2D eigenvalue weighted by Crippen LogP contribution is 2.34. The van der Waals surface area contributed by atoms with Gasteiger partial charge in [-0.15, -0.1) is 23.1 Å². The second-order valence-electron chi connectivity index (χ2n) is 9.34. The first-order chi connectivity index (χ1) is 16.3. The molecule has 3 heterocycles. The Kier molecular flexibility index (Phi) is 6.03. The molecule has 2 N–H and O–H groups in total. The number of carbonyl (C=O) groups excluding carboxylic acids is 1. The Bertz CT molecular complexity index is 1410. The van der Waals surface area contributed by atoms with Crippen LogP contribution in [0, 0.1) is 0 Å². The summed E-state index contributed by atoms with van der Waals surface area (Å²) in [6, 6.07) is 7.33. The van der Waals surface area contributed by atoms with Crippen LogP contribution in [0.5, 0.6) is 0 Å². The molecule has 1 aliphatic rings. The summed E-state index contributed by atoms with van der Waals surface area (Å²) in [5.74, 6) is 2.31. The molecule has 0 radical (unpaired) electrons. The van der Waals surface area contributed by atoms with Gasteiger partial charge >= 0.3 is 0 Å². The van der Waals surface area contributed by atoms with E-state index >= 15 is 0 Å². The van der Waals surface area contributed by atoms with Gasteiger partial charge in [0, 0.05) is 21.5 Å². The third kappa shape index (κ3) is 4.65. The summed E-state index contributed by atoms with van der Waals surface area (Å²) in [5, 5.41) is 7.69. The molecule has 5 rings (SSSR count). The summed E-state index contributed by atoms with van der Waals surface area (Å²) < 4.78 is 5.35. The van der Waals surface area contributed by atoms with Gasteiger partial charge in [-0.3, -0.25) is 9.59 Å². The maximum Gasteiger partial charge on any atom is 0.259 e. The molecule has 0 aliphatic heterocycles. The number of thiophene rings is 1. The van der Waals surface area contributed by atoms with Crippen molar-refractivity contribution in [3.63, 3.8) is 0 Å². The van der Waals surface area contributed by atoms with Crippen LogP contribution in [0.25, 0.3) is 21.6 Å². The van der Waals surface area contributed by atoms with Crippen LogP contribution in [0.1, 0.15) is 49.3 Å². The van der Waals surface area contributed by atoms with Crippen molar-refractivity contribution in [3.05, 3.63) is 56.8 Å². The van der Waals surface area contributed by atoms with E-state index in [9.17, 15) is 9.59 Å². The number of amides is 1. The highest BCUT2D eigenvalue weighted by atomic mass is 32.2. The number of benzene rings is 1. The van der Waals surface area contributed by atoms with Crippen LogP contribution >= 0.6 is 23.1 Å². The zero-order valence-electron chi connectivity index (χ0n) is 19.2. The number of hydrogen-bond donors (Lipinski definition) is 2. The van der Waals surface area contributed by atoms with Gasteiger partial charge in [-0.05, 0) is 49.1 Å². The number of rotatable bonds is 6. The largest absolute Gasteiger partial charge is 0.338 e. The van der Waals surface area contributed by atoms with Gasteiger partial charge in [-0.1, -0.05) is 25.9 Å². The van der Waals surface area contributed by atoms with Gasteiger partial charge in [0.15, 0.2) is 0 Å². The fourth-order valence-corrected chi connectivity index (χ4v) is 5.87. The van der Waals surface area contributed by atoms with Crippen LogP contribution in [0.15, 0.2) is 33.6 Å². The zero-order valence-corrected chi connectivity index (χ0v) is 20.9. The summed E-state index contributed by atoms with van der Waals surface area (Å²) in [7, 11) is 0. The number of thioether (sulfide) groups is 1. The summed E-state index contributed by atoms with van der Waals surface area (Å²) in [6.07, 6.45) is 3.11. The van der Waals surface area contributed by atoms with Crippen LogP contribution in [0.4, 0.5) is 5.69 Å². The number of carbonyl (C=O) groups is 1. The van der Waals surface area contributed by atoms with Crippen molar-refractivity contribution >= 4 is 44.9 Å². The first-order valence-electron chi connectivity index (χ1n) is 11.1. The molecular weight excluding hydrogens is 470 g/mol. The predicted octanol–water partition coefficient (Wildman–Crippen LogP) is 4.69. The molecular formula is C24H25N5O3S2. The average Bonchev–Trinajstić information content (AvgIpc) is 3.50. The molecule has 0 saturated carbocycles. The molecule has 0 unspecified atom stereocenters. The number of nitrogens with one attached hydrogen (secondary N) is 2. The Morgan fingerprint density at radius 3 is 2.74 bits per heavy atom. The third-order valence-corrected chi connectivity index (χ3v) is 7.72. The second-order valence-corrected chi connectivity index (χ2v) is 11.4. The minimum atomic E-state index is -0.213. The lowest BCUT2D eigenvalue weighted by molar-refractivity contribution is -0.113. The maximum atomic E-state index is 12.5. The molecule has 1 aromatic carbocycles. The van der Waals surface area contributed by atoms with E-state index in [0.717, 1.165) is 35.0 Å². The Hall–Kier alpha value is -2.98. The van der Waals surface area contributed by atoms with Gasteiger partial charge in [-0.2, -0.15) is 4.98 Å². The van der Waals surface area contributed by atoms with E-state index in [4.69, 9.17) is 4.52 Å². The van der Waals surface area contributed by atoms with Crippen LogP contribution in [-0.4, -0.2) is 31.8 Å². The number of aromatic nitrogens is 4. The molecule has 4 aromatic rings. The lowest BCUT2D eigenvalue weighted by Crippen LogP contribution is -2.15. The first-order valence-corrected chi connectivity index (χ1v) is 13.1. The van der Waals surface area contributed by atoms with Gasteiger partial charge < -0.3 is 14.8 Å². The predicted molar refractivity (Wildman–Crippen MR) is 135 cm³/mol. The molecule has 1 amide bonds. The fraction of sp³-hybridized carbons (Fsp3) is 0.375. The molecule has 0 atom stereocenters. The number of H-pyrrole nitrogens is 1. The van der Waals surface area contributed by atoms with Crippen molar-refractivity contribution < 1.29 is 9.32 Å². The van der Waals surface area contributed by atoms with E-state index in [0.29, 0.717) is 29.0 Å². The second kappa shape index (κ2) is 8.99. The lowest BCUT2D eigenvalue weighted by Gasteiger charge is -2.10. The van der Waals surface area contributed by atoms with Crippen LogP contribution in [0.2, 0.25) is 0 Å². The van der Waals surface area contributed by atoms with Gasteiger partial charge in [-0.25, -0.2) is 4.98 Å². The first kappa shape index (κ1) is 22.8. The Morgan fingerprint density at radius 2 is 2.00 bits per heavy atom. The van der Waals surface area contributed by atoms with Crippen LogP contribution in [0.3, 0.4) is 0 Å². The quantitative estimate of drug-likeness (QED) is 0.399. The van der Waals surface area contributed by atoms with E-state index in [1.807, 2.05) is 45.0 Å². The molecule has 3 aromatic heterocycles. The van der Waals surface area contributed by atoms with Crippen molar-refractivity contribution in [1.29, 1.82) is 0 Å². The van der Waals surface area contributed by atoms with Gasteiger partial charge in [0.2, 0.25) is 17.6 Å². The maximum absolute atomic E-state index is 12.5. The number of fused-ring (bicyclic) bond motifs is 3.